The molecule has 1 nitrogen and oxygen atoms in total. The van der Waals surface area contributed by atoms with Gasteiger partial charge in [0.25, 0.3) is 0 Å². The van der Waals surface area contributed by atoms with Gasteiger partial charge < -0.3 is 0 Å². The number of allylic oxidation sites excluding steroid dienone is 1. The molecule has 0 atom stereocenters. The van der Waals surface area contributed by atoms with Gasteiger partial charge >= 0.3 is 0 Å². The van der Waals surface area contributed by atoms with Crippen molar-refractivity contribution in [2.45, 2.75) is 20.3 Å². The number of aryl methyl sites for hydroxylation is 2. The summed E-state index contributed by atoms with van der Waals surface area (Å²) in [6, 6.07) is 4.33. The first-order valence-corrected chi connectivity index (χ1v) is 5.53. The van der Waals surface area contributed by atoms with Crippen molar-refractivity contribution >= 4 is 16.7 Å². The van der Waals surface area contributed by atoms with Crippen LogP contribution in [0.15, 0.2) is 18.2 Å². The summed E-state index contributed by atoms with van der Waals surface area (Å²) in [5, 5.41) is 0. The zero-order valence-electron chi connectivity index (χ0n) is 8.00. The number of pyridine rings is 1. The molecule has 2 heteroatoms. The molecular formula is C11H13NS. The van der Waals surface area contributed by atoms with Crippen molar-refractivity contribution in [3.63, 3.8) is 0 Å². The molecule has 0 amide bonds. The van der Waals surface area contributed by atoms with Crippen LogP contribution in [0.25, 0.3) is 4.91 Å². The summed E-state index contributed by atoms with van der Waals surface area (Å²) in [7, 11) is 0. The summed E-state index contributed by atoms with van der Waals surface area (Å²) in [5.41, 5.74) is 3.57. The van der Waals surface area contributed by atoms with Crippen molar-refractivity contribution in [2.75, 3.05) is 5.75 Å². The van der Waals surface area contributed by atoms with E-state index < -0.39 is 0 Å². The van der Waals surface area contributed by atoms with E-state index in [0.29, 0.717) is 0 Å². The molecule has 0 radical (unpaired) electrons. The maximum Gasteiger partial charge on any atom is 0.0382 e. The molecule has 0 unspecified atom stereocenters. The fourth-order valence-corrected chi connectivity index (χ4v) is 2.57. The van der Waals surface area contributed by atoms with Crippen LogP contribution in [0.3, 0.4) is 0 Å². The minimum Gasteiger partial charge on any atom is -0.258 e. The highest BCUT2D eigenvalue weighted by Crippen LogP contribution is 2.33. The summed E-state index contributed by atoms with van der Waals surface area (Å²) in [6.45, 7) is 4.10. The van der Waals surface area contributed by atoms with E-state index in [1.807, 2.05) is 11.8 Å². The molecule has 0 bridgehead atoms. The molecule has 13 heavy (non-hydrogen) atoms. The van der Waals surface area contributed by atoms with Gasteiger partial charge in [-0.1, -0.05) is 6.08 Å². The Morgan fingerprint density at radius 2 is 1.92 bits per heavy atom. The van der Waals surface area contributed by atoms with Gasteiger partial charge in [-0.15, -0.1) is 11.8 Å². The van der Waals surface area contributed by atoms with Crippen molar-refractivity contribution in [3.8, 4) is 0 Å². The lowest BCUT2D eigenvalue weighted by Gasteiger charge is -2.04. The molecular weight excluding hydrogens is 178 g/mol. The lowest BCUT2D eigenvalue weighted by atomic mass is 10.2. The van der Waals surface area contributed by atoms with Crippen molar-refractivity contribution in [1.29, 1.82) is 0 Å². The van der Waals surface area contributed by atoms with Crippen LogP contribution >= 0.6 is 11.8 Å². The highest BCUT2D eigenvalue weighted by Gasteiger charge is 2.08. The van der Waals surface area contributed by atoms with Crippen LogP contribution in [-0.4, -0.2) is 10.7 Å². The molecule has 1 aliphatic heterocycles. The molecule has 0 saturated carbocycles. The Labute approximate surface area is 83.3 Å². The second kappa shape index (κ2) is 3.54. The normalized spacial score (nSPS) is 16.0. The quantitative estimate of drug-likeness (QED) is 0.676. The number of aromatic nitrogens is 1. The Hall–Kier alpha value is -0.760. The summed E-state index contributed by atoms with van der Waals surface area (Å²) in [6.07, 6.45) is 3.53. The van der Waals surface area contributed by atoms with Crippen molar-refractivity contribution in [1.82, 2.24) is 4.98 Å². The number of hydrogen-bond acceptors (Lipinski definition) is 2. The molecule has 2 heterocycles. The maximum atomic E-state index is 4.37. The number of nitrogens with zero attached hydrogens (tertiary/aromatic N) is 1. The van der Waals surface area contributed by atoms with Gasteiger partial charge in [0.1, 0.15) is 0 Å². The molecule has 0 saturated heterocycles. The first-order valence-electron chi connectivity index (χ1n) is 4.54. The Morgan fingerprint density at radius 3 is 2.46 bits per heavy atom. The van der Waals surface area contributed by atoms with Gasteiger partial charge in [-0.2, -0.15) is 0 Å². The van der Waals surface area contributed by atoms with E-state index in [2.05, 4.69) is 37.0 Å². The number of thioether (sulfide) groups is 1. The number of rotatable bonds is 1. The van der Waals surface area contributed by atoms with E-state index in [0.717, 1.165) is 11.4 Å². The largest absolute Gasteiger partial charge is 0.258 e. The molecule has 2 rings (SSSR count). The summed E-state index contributed by atoms with van der Waals surface area (Å²) in [4.78, 5) is 5.79. The summed E-state index contributed by atoms with van der Waals surface area (Å²) >= 11 is 1.95. The molecule has 1 aromatic rings. The average molecular weight is 191 g/mol. The molecule has 68 valence electrons. The molecule has 0 aliphatic carbocycles. The highest BCUT2D eigenvalue weighted by atomic mass is 32.2. The summed E-state index contributed by atoms with van der Waals surface area (Å²) < 4.78 is 0. The average Bonchev–Trinajstić information content (AvgIpc) is 2.53. The van der Waals surface area contributed by atoms with Crippen LogP contribution in [0.2, 0.25) is 0 Å². The molecule has 0 fully saturated rings. The number of hydrogen-bond donors (Lipinski definition) is 0. The monoisotopic (exact) mass is 191 g/mol. The predicted molar refractivity (Wildman–Crippen MR) is 58.8 cm³/mol. The van der Waals surface area contributed by atoms with Gasteiger partial charge in [0.2, 0.25) is 0 Å². The van der Waals surface area contributed by atoms with E-state index >= 15 is 0 Å². The fraction of sp³-hybridized carbons (Fsp3) is 0.364. The van der Waals surface area contributed by atoms with E-state index in [9.17, 15) is 0 Å². The van der Waals surface area contributed by atoms with Crippen LogP contribution in [-0.2, 0) is 0 Å². The Bertz CT molecular complexity index is 335. The van der Waals surface area contributed by atoms with Gasteiger partial charge in [-0.05, 0) is 38.0 Å². The van der Waals surface area contributed by atoms with Gasteiger partial charge in [0.05, 0.1) is 0 Å². The fourth-order valence-electron chi connectivity index (χ4n) is 1.60. The van der Waals surface area contributed by atoms with Gasteiger partial charge in [0, 0.05) is 22.0 Å². The third-order valence-corrected chi connectivity index (χ3v) is 3.22. The van der Waals surface area contributed by atoms with Crippen LogP contribution in [0, 0.1) is 13.8 Å². The third-order valence-electron chi connectivity index (χ3n) is 2.07. The second-order valence-electron chi connectivity index (χ2n) is 3.34. The zero-order valence-corrected chi connectivity index (χ0v) is 8.82. The molecule has 0 spiro atoms. The topological polar surface area (TPSA) is 12.9 Å². The minimum absolute atomic E-state index is 1.11. The first-order chi connectivity index (χ1) is 6.25. The predicted octanol–water partition coefficient (Wildman–Crippen LogP) is 3.18. The van der Waals surface area contributed by atoms with E-state index in [4.69, 9.17) is 0 Å². The smallest absolute Gasteiger partial charge is 0.0382 e. The molecule has 1 aliphatic rings. The van der Waals surface area contributed by atoms with Crippen molar-refractivity contribution in [2.24, 2.45) is 0 Å². The molecule has 1 aromatic heterocycles. The maximum absolute atomic E-state index is 4.37. The third kappa shape index (κ3) is 1.94. The van der Waals surface area contributed by atoms with Crippen LogP contribution in [0.1, 0.15) is 23.4 Å². The van der Waals surface area contributed by atoms with Crippen LogP contribution < -0.4 is 0 Å². The Morgan fingerprint density at radius 1 is 1.23 bits per heavy atom. The lowest BCUT2D eigenvalue weighted by Crippen LogP contribution is -1.88. The first kappa shape index (κ1) is 8.82. The Kier molecular flexibility index (Phi) is 2.40. The second-order valence-corrected chi connectivity index (χ2v) is 4.48. The van der Waals surface area contributed by atoms with E-state index in [-0.39, 0.29) is 0 Å². The zero-order chi connectivity index (χ0) is 9.26. The molecule has 0 N–H and O–H groups in total. The highest BCUT2D eigenvalue weighted by molar-refractivity contribution is 8.08. The van der Waals surface area contributed by atoms with Gasteiger partial charge in [0.15, 0.2) is 0 Å². The van der Waals surface area contributed by atoms with Crippen LogP contribution in [0.4, 0.5) is 0 Å². The van der Waals surface area contributed by atoms with Crippen LogP contribution in [0.5, 0.6) is 0 Å². The SMILES string of the molecule is Cc1cc(C2=CCCS2)cc(C)n1. The Balaban J connectivity index is 2.39. The minimum atomic E-state index is 1.11. The molecule has 0 aromatic carbocycles. The van der Waals surface area contributed by atoms with Gasteiger partial charge in [-0.25, -0.2) is 0 Å². The van der Waals surface area contributed by atoms with E-state index in [1.54, 1.807) is 0 Å². The lowest BCUT2D eigenvalue weighted by molar-refractivity contribution is 1.12. The van der Waals surface area contributed by atoms with E-state index in [1.165, 1.54) is 22.6 Å². The van der Waals surface area contributed by atoms with Crippen molar-refractivity contribution in [3.05, 3.63) is 35.2 Å². The van der Waals surface area contributed by atoms with Crippen molar-refractivity contribution < 1.29 is 0 Å². The van der Waals surface area contributed by atoms with Gasteiger partial charge in [-0.3, -0.25) is 4.98 Å². The summed E-state index contributed by atoms with van der Waals surface area (Å²) in [5.74, 6) is 1.23. The standard InChI is InChI=1S/C11H13NS/c1-8-6-10(7-9(2)12-8)11-4-3-5-13-11/h4,6-7H,3,5H2,1-2H3.